The zero-order valence-electron chi connectivity index (χ0n) is 13.3. The van der Waals surface area contributed by atoms with Crippen LogP contribution in [0.25, 0.3) is 0 Å². The summed E-state index contributed by atoms with van der Waals surface area (Å²) in [6, 6.07) is 0.419. The van der Waals surface area contributed by atoms with Crippen LogP contribution >= 0.6 is 0 Å². The molecule has 1 aromatic rings. The predicted molar refractivity (Wildman–Crippen MR) is 85.6 cm³/mol. The second-order valence-corrected chi connectivity index (χ2v) is 5.87. The van der Waals surface area contributed by atoms with E-state index in [2.05, 4.69) is 27.1 Å². The van der Waals surface area contributed by atoms with Crippen LogP contribution in [0.1, 0.15) is 40.0 Å². The first-order valence-electron chi connectivity index (χ1n) is 7.86. The summed E-state index contributed by atoms with van der Waals surface area (Å²) in [5, 5.41) is 3.44. The first kappa shape index (κ1) is 15.8. The molecule has 0 aliphatic carbocycles. The zero-order chi connectivity index (χ0) is 15.2. The highest BCUT2D eigenvalue weighted by Gasteiger charge is 2.20. The number of nitrogens with two attached hydrogens (primary N) is 1. The molecule has 0 atom stereocenters. The maximum atomic E-state index is 6.10. The highest BCUT2D eigenvalue weighted by Crippen LogP contribution is 2.27. The molecule has 0 radical (unpaired) electrons. The summed E-state index contributed by atoms with van der Waals surface area (Å²) < 4.78 is 5.60. The molecule has 1 aliphatic heterocycles. The first-order valence-corrected chi connectivity index (χ1v) is 7.86. The van der Waals surface area contributed by atoms with Crippen LogP contribution in [0.2, 0.25) is 0 Å². The summed E-state index contributed by atoms with van der Waals surface area (Å²) in [5.74, 6) is 1.15. The third kappa shape index (κ3) is 4.46. The number of hydrogen-bond acceptors (Lipinski definition) is 6. The predicted octanol–water partition coefficient (Wildman–Crippen LogP) is 2.13. The molecule has 2 heterocycles. The second kappa shape index (κ2) is 7.45. The molecular formula is C15H27N5O. The molecule has 1 saturated heterocycles. The van der Waals surface area contributed by atoms with E-state index in [9.17, 15) is 0 Å². The number of anilines is 2. The molecule has 0 unspecified atom stereocenters. The molecule has 6 heteroatoms. The minimum Gasteiger partial charge on any atom is -0.473 e. The van der Waals surface area contributed by atoms with Gasteiger partial charge in [-0.05, 0) is 39.7 Å². The third-order valence-corrected chi connectivity index (χ3v) is 3.66. The Bertz CT molecular complexity index is 444. The van der Waals surface area contributed by atoms with Crippen molar-refractivity contribution < 1.29 is 4.74 Å². The van der Waals surface area contributed by atoms with E-state index in [1.807, 2.05) is 13.8 Å². The van der Waals surface area contributed by atoms with Crippen LogP contribution in [0.5, 0.6) is 5.88 Å². The Morgan fingerprint density at radius 3 is 2.71 bits per heavy atom. The number of likely N-dealkylation sites (tertiary alicyclic amines) is 1. The second-order valence-electron chi connectivity index (χ2n) is 5.87. The van der Waals surface area contributed by atoms with Gasteiger partial charge in [-0.2, -0.15) is 4.98 Å². The highest BCUT2D eigenvalue weighted by molar-refractivity contribution is 5.66. The van der Waals surface area contributed by atoms with E-state index in [1.54, 1.807) is 0 Å². The van der Waals surface area contributed by atoms with Gasteiger partial charge in [-0.3, -0.25) is 0 Å². The van der Waals surface area contributed by atoms with Gasteiger partial charge >= 0.3 is 0 Å². The molecule has 3 N–H and O–H groups in total. The standard InChI is InChI=1S/C15H27N5O/c1-4-7-20-8-5-12(6-9-20)19-14-13(16)15(18-10-17-14)21-11(2)3/h10-12H,4-9,16H2,1-3H3,(H,17,18,19). The lowest BCUT2D eigenvalue weighted by molar-refractivity contribution is 0.219. The molecule has 21 heavy (non-hydrogen) atoms. The van der Waals surface area contributed by atoms with Crippen LogP contribution in [-0.2, 0) is 0 Å². The van der Waals surface area contributed by atoms with E-state index < -0.39 is 0 Å². The van der Waals surface area contributed by atoms with Gasteiger partial charge in [0.05, 0.1) is 6.10 Å². The molecular weight excluding hydrogens is 266 g/mol. The van der Waals surface area contributed by atoms with Gasteiger partial charge in [0.2, 0.25) is 5.88 Å². The van der Waals surface area contributed by atoms with Crippen molar-refractivity contribution in [3.05, 3.63) is 6.33 Å². The van der Waals surface area contributed by atoms with Gasteiger partial charge in [-0.1, -0.05) is 6.92 Å². The summed E-state index contributed by atoms with van der Waals surface area (Å²) in [6.07, 6.45) is 5.00. The van der Waals surface area contributed by atoms with Gasteiger partial charge in [0.15, 0.2) is 5.82 Å². The van der Waals surface area contributed by atoms with E-state index in [1.165, 1.54) is 19.3 Å². The van der Waals surface area contributed by atoms with Crippen molar-refractivity contribution in [3.63, 3.8) is 0 Å². The molecule has 0 amide bonds. The number of rotatable bonds is 6. The Morgan fingerprint density at radius 2 is 2.10 bits per heavy atom. The summed E-state index contributed by atoms with van der Waals surface area (Å²) >= 11 is 0. The summed E-state index contributed by atoms with van der Waals surface area (Å²) in [5.41, 5.74) is 6.60. The Kier molecular flexibility index (Phi) is 5.61. The summed E-state index contributed by atoms with van der Waals surface area (Å²) in [6.45, 7) is 9.59. The summed E-state index contributed by atoms with van der Waals surface area (Å²) in [7, 11) is 0. The lowest BCUT2D eigenvalue weighted by Crippen LogP contribution is -2.39. The lowest BCUT2D eigenvalue weighted by atomic mass is 10.0. The molecule has 118 valence electrons. The average molecular weight is 293 g/mol. The Morgan fingerprint density at radius 1 is 1.38 bits per heavy atom. The molecule has 1 fully saturated rings. The van der Waals surface area contributed by atoms with E-state index in [0.29, 0.717) is 23.4 Å². The fourth-order valence-corrected chi connectivity index (χ4v) is 2.62. The van der Waals surface area contributed by atoms with Gasteiger partial charge in [0, 0.05) is 19.1 Å². The number of piperidine rings is 1. The van der Waals surface area contributed by atoms with E-state index >= 15 is 0 Å². The van der Waals surface area contributed by atoms with Gasteiger partial charge < -0.3 is 20.7 Å². The minimum absolute atomic E-state index is 0.0485. The highest BCUT2D eigenvalue weighted by atomic mass is 16.5. The first-order chi connectivity index (χ1) is 10.1. The quantitative estimate of drug-likeness (QED) is 0.837. The fourth-order valence-electron chi connectivity index (χ4n) is 2.62. The monoisotopic (exact) mass is 293 g/mol. The SMILES string of the molecule is CCCN1CCC(Nc2ncnc(OC(C)C)c2N)CC1. The zero-order valence-corrected chi connectivity index (χ0v) is 13.3. The Balaban J connectivity index is 1.94. The molecule has 1 aliphatic rings. The largest absolute Gasteiger partial charge is 0.473 e. The number of nitrogens with zero attached hydrogens (tertiary/aromatic N) is 3. The van der Waals surface area contributed by atoms with E-state index in [-0.39, 0.29) is 6.10 Å². The molecule has 1 aromatic heterocycles. The third-order valence-electron chi connectivity index (χ3n) is 3.66. The molecule has 0 aromatic carbocycles. The lowest BCUT2D eigenvalue weighted by Gasteiger charge is -2.32. The molecule has 0 bridgehead atoms. The maximum Gasteiger partial charge on any atom is 0.242 e. The fraction of sp³-hybridized carbons (Fsp3) is 0.733. The molecule has 6 nitrogen and oxygen atoms in total. The number of nitrogens with one attached hydrogen (secondary N) is 1. The number of hydrogen-bond donors (Lipinski definition) is 2. The van der Waals surface area contributed by atoms with E-state index in [4.69, 9.17) is 10.5 Å². The van der Waals surface area contributed by atoms with Crippen LogP contribution in [0.15, 0.2) is 6.33 Å². The topological polar surface area (TPSA) is 76.3 Å². The van der Waals surface area contributed by atoms with Crippen molar-refractivity contribution in [3.8, 4) is 5.88 Å². The van der Waals surface area contributed by atoms with Gasteiger partial charge in [-0.15, -0.1) is 0 Å². The van der Waals surface area contributed by atoms with Crippen molar-refractivity contribution >= 4 is 11.5 Å². The molecule has 0 saturated carbocycles. The van der Waals surface area contributed by atoms with Gasteiger partial charge in [-0.25, -0.2) is 4.98 Å². The average Bonchev–Trinajstić information content (AvgIpc) is 2.45. The normalized spacial score (nSPS) is 17.1. The molecule has 0 spiro atoms. The van der Waals surface area contributed by atoms with E-state index in [0.717, 1.165) is 25.9 Å². The Labute approximate surface area is 127 Å². The number of aromatic nitrogens is 2. The van der Waals surface area contributed by atoms with Crippen molar-refractivity contribution in [2.24, 2.45) is 0 Å². The van der Waals surface area contributed by atoms with Crippen LogP contribution in [0.3, 0.4) is 0 Å². The van der Waals surface area contributed by atoms with Crippen LogP contribution in [0, 0.1) is 0 Å². The summed E-state index contributed by atoms with van der Waals surface area (Å²) in [4.78, 5) is 10.9. The van der Waals surface area contributed by atoms with Crippen LogP contribution in [0.4, 0.5) is 11.5 Å². The number of nitrogen functional groups attached to an aromatic ring is 1. The van der Waals surface area contributed by atoms with Crippen molar-refractivity contribution in [2.75, 3.05) is 30.7 Å². The smallest absolute Gasteiger partial charge is 0.242 e. The van der Waals surface area contributed by atoms with Gasteiger partial charge in [0.25, 0.3) is 0 Å². The van der Waals surface area contributed by atoms with Crippen LogP contribution < -0.4 is 15.8 Å². The Hall–Kier alpha value is -1.56. The molecule has 2 rings (SSSR count). The number of ether oxygens (including phenoxy) is 1. The minimum atomic E-state index is 0.0485. The maximum absolute atomic E-state index is 6.10. The van der Waals surface area contributed by atoms with Crippen LogP contribution in [-0.4, -0.2) is 46.6 Å². The van der Waals surface area contributed by atoms with Crippen molar-refractivity contribution in [2.45, 2.75) is 52.2 Å². The van der Waals surface area contributed by atoms with Gasteiger partial charge in [0.1, 0.15) is 12.0 Å². The van der Waals surface area contributed by atoms with Crippen molar-refractivity contribution in [1.82, 2.24) is 14.9 Å². The van der Waals surface area contributed by atoms with Crippen molar-refractivity contribution in [1.29, 1.82) is 0 Å².